The molecule has 2 atom stereocenters. The maximum atomic E-state index is 12.0. The molecule has 0 spiro atoms. The van der Waals surface area contributed by atoms with Crippen LogP contribution < -0.4 is 5.32 Å². The fourth-order valence-electron chi connectivity index (χ4n) is 1.86. The van der Waals surface area contributed by atoms with Gasteiger partial charge in [-0.15, -0.1) is 0 Å². The molecule has 0 bridgehead atoms. The highest BCUT2D eigenvalue weighted by Gasteiger charge is 2.19. The molecular weight excluding hydrogens is 292 g/mol. The molecule has 0 radical (unpaired) electrons. The Morgan fingerprint density at radius 3 is 2.14 bits per heavy atom. The van der Waals surface area contributed by atoms with Crippen LogP contribution in [0.3, 0.4) is 0 Å². The van der Waals surface area contributed by atoms with Crippen molar-refractivity contribution in [1.29, 1.82) is 0 Å². The molecule has 118 valence electrons. The van der Waals surface area contributed by atoms with Crippen LogP contribution in [0.15, 0.2) is 29.2 Å². The summed E-state index contributed by atoms with van der Waals surface area (Å²) in [6.45, 7) is 3.61. The normalized spacial score (nSPS) is 14.8. The molecular formula is C14H22N2O4S. The van der Waals surface area contributed by atoms with Crippen molar-refractivity contribution in [3.63, 3.8) is 0 Å². The number of carbonyl (C=O) groups is 1. The molecule has 7 heteroatoms. The molecule has 6 nitrogen and oxygen atoms in total. The van der Waals surface area contributed by atoms with E-state index < -0.39 is 16.1 Å². The van der Waals surface area contributed by atoms with Crippen molar-refractivity contribution in [2.75, 3.05) is 21.2 Å². The Labute approximate surface area is 126 Å². The molecule has 0 saturated heterocycles. The average molecular weight is 314 g/mol. The van der Waals surface area contributed by atoms with Crippen LogP contribution in [0.1, 0.15) is 25.5 Å². The zero-order valence-corrected chi connectivity index (χ0v) is 13.8. The molecule has 21 heavy (non-hydrogen) atoms. The Kier molecular flexibility index (Phi) is 5.88. The Balaban J connectivity index is 2.86. The first-order valence-electron chi connectivity index (χ1n) is 6.56. The second-order valence-electron chi connectivity index (χ2n) is 4.99. The molecule has 1 aromatic carbocycles. The number of esters is 1. The summed E-state index contributed by atoms with van der Waals surface area (Å²) in [6, 6.07) is 6.05. The van der Waals surface area contributed by atoms with Crippen molar-refractivity contribution >= 4 is 16.0 Å². The predicted molar refractivity (Wildman–Crippen MR) is 80.3 cm³/mol. The van der Waals surface area contributed by atoms with E-state index in [4.69, 9.17) is 0 Å². The number of hydrogen-bond acceptors (Lipinski definition) is 5. The highest BCUT2D eigenvalue weighted by molar-refractivity contribution is 7.89. The van der Waals surface area contributed by atoms with Crippen molar-refractivity contribution in [2.45, 2.75) is 30.8 Å². The molecule has 1 rings (SSSR count). The molecule has 0 heterocycles. The van der Waals surface area contributed by atoms with Crippen molar-refractivity contribution in [3.8, 4) is 0 Å². The number of ether oxygens (including phenoxy) is 1. The minimum atomic E-state index is -3.42. The van der Waals surface area contributed by atoms with E-state index in [1.165, 1.54) is 25.5 Å². The Morgan fingerprint density at radius 2 is 1.71 bits per heavy atom. The lowest BCUT2D eigenvalue weighted by Gasteiger charge is -2.19. The maximum absolute atomic E-state index is 12.0. The Morgan fingerprint density at radius 1 is 1.19 bits per heavy atom. The minimum Gasteiger partial charge on any atom is -0.468 e. The van der Waals surface area contributed by atoms with Crippen LogP contribution in [0.5, 0.6) is 0 Å². The zero-order chi connectivity index (χ0) is 16.2. The third kappa shape index (κ3) is 4.26. The standard InChI is InChI=1S/C14H22N2O4S/c1-10(15-11(2)14(17)20-5)12-6-8-13(9-7-12)21(18,19)16(3)4/h6-11,15H,1-5H3/t10?,11-/m0/s1. The molecule has 0 amide bonds. The summed E-state index contributed by atoms with van der Waals surface area (Å²) in [5, 5.41) is 3.09. The molecule has 0 fully saturated rings. The molecule has 0 aliphatic rings. The highest BCUT2D eigenvalue weighted by Crippen LogP contribution is 2.18. The fraction of sp³-hybridized carbons (Fsp3) is 0.500. The van der Waals surface area contributed by atoms with Gasteiger partial charge in [0.2, 0.25) is 10.0 Å². The summed E-state index contributed by atoms with van der Waals surface area (Å²) >= 11 is 0. The SMILES string of the molecule is COC(=O)[C@H](C)NC(C)c1ccc(S(=O)(=O)N(C)C)cc1. The quantitative estimate of drug-likeness (QED) is 0.797. The number of nitrogens with zero attached hydrogens (tertiary/aromatic N) is 1. The maximum Gasteiger partial charge on any atom is 0.322 e. The summed E-state index contributed by atoms with van der Waals surface area (Å²) in [6.07, 6.45) is 0. The molecule has 0 aliphatic heterocycles. The number of sulfonamides is 1. The smallest absolute Gasteiger partial charge is 0.322 e. The topological polar surface area (TPSA) is 75.7 Å². The summed E-state index contributed by atoms with van der Waals surface area (Å²) in [5.41, 5.74) is 0.892. The molecule has 0 saturated carbocycles. The average Bonchev–Trinajstić information content (AvgIpc) is 2.46. The highest BCUT2D eigenvalue weighted by atomic mass is 32.2. The molecule has 0 aliphatic carbocycles. The first-order valence-corrected chi connectivity index (χ1v) is 8.00. The number of rotatable bonds is 6. The van der Waals surface area contributed by atoms with Gasteiger partial charge in [-0.05, 0) is 31.5 Å². The lowest BCUT2D eigenvalue weighted by molar-refractivity contribution is -0.142. The van der Waals surface area contributed by atoms with E-state index in [0.717, 1.165) is 5.56 Å². The van der Waals surface area contributed by atoms with Crippen LogP contribution in [0.2, 0.25) is 0 Å². The fourth-order valence-corrected chi connectivity index (χ4v) is 2.76. The van der Waals surface area contributed by atoms with Gasteiger partial charge >= 0.3 is 5.97 Å². The third-order valence-corrected chi connectivity index (χ3v) is 5.04. The molecule has 0 aromatic heterocycles. The van der Waals surface area contributed by atoms with Gasteiger partial charge in [-0.3, -0.25) is 10.1 Å². The van der Waals surface area contributed by atoms with Crippen LogP contribution >= 0.6 is 0 Å². The second kappa shape index (κ2) is 7.02. The first-order chi connectivity index (χ1) is 9.70. The van der Waals surface area contributed by atoms with E-state index in [1.54, 1.807) is 31.2 Å². The molecule has 1 unspecified atom stereocenters. The summed E-state index contributed by atoms with van der Waals surface area (Å²) in [7, 11) is 0.901. The van der Waals surface area contributed by atoms with Crippen LogP contribution in [-0.4, -0.2) is 45.9 Å². The van der Waals surface area contributed by atoms with Gasteiger partial charge in [0.15, 0.2) is 0 Å². The van der Waals surface area contributed by atoms with Gasteiger partial charge in [0.25, 0.3) is 0 Å². The van der Waals surface area contributed by atoms with Crippen molar-refractivity contribution in [1.82, 2.24) is 9.62 Å². The number of nitrogens with one attached hydrogen (secondary N) is 1. The monoisotopic (exact) mass is 314 g/mol. The predicted octanol–water partition coefficient (Wildman–Crippen LogP) is 1.15. The van der Waals surface area contributed by atoms with Gasteiger partial charge in [-0.25, -0.2) is 12.7 Å². The van der Waals surface area contributed by atoms with Gasteiger partial charge in [0.1, 0.15) is 6.04 Å². The van der Waals surface area contributed by atoms with Crippen LogP contribution in [0.25, 0.3) is 0 Å². The largest absolute Gasteiger partial charge is 0.468 e. The van der Waals surface area contributed by atoms with Crippen molar-refractivity contribution in [3.05, 3.63) is 29.8 Å². The summed E-state index contributed by atoms with van der Waals surface area (Å²) in [4.78, 5) is 11.6. The number of benzene rings is 1. The van der Waals surface area contributed by atoms with Gasteiger partial charge in [-0.2, -0.15) is 0 Å². The van der Waals surface area contributed by atoms with Gasteiger partial charge in [0, 0.05) is 20.1 Å². The van der Waals surface area contributed by atoms with Crippen LogP contribution in [0.4, 0.5) is 0 Å². The number of methoxy groups -OCH3 is 1. The zero-order valence-electron chi connectivity index (χ0n) is 13.0. The van der Waals surface area contributed by atoms with Gasteiger partial charge in [-0.1, -0.05) is 12.1 Å². The summed E-state index contributed by atoms with van der Waals surface area (Å²) in [5.74, 6) is -0.339. The van der Waals surface area contributed by atoms with E-state index in [2.05, 4.69) is 10.1 Å². The lowest BCUT2D eigenvalue weighted by Crippen LogP contribution is -2.36. The number of hydrogen-bond donors (Lipinski definition) is 1. The first kappa shape index (κ1) is 17.6. The lowest BCUT2D eigenvalue weighted by atomic mass is 10.1. The van der Waals surface area contributed by atoms with Gasteiger partial charge < -0.3 is 4.74 Å². The number of carbonyl (C=O) groups excluding carboxylic acids is 1. The second-order valence-corrected chi connectivity index (χ2v) is 7.14. The van der Waals surface area contributed by atoms with Gasteiger partial charge in [0.05, 0.1) is 12.0 Å². The Bertz CT molecular complexity index is 581. The van der Waals surface area contributed by atoms with E-state index in [-0.39, 0.29) is 16.9 Å². The van der Waals surface area contributed by atoms with E-state index in [9.17, 15) is 13.2 Å². The molecule has 1 N–H and O–H groups in total. The molecule has 1 aromatic rings. The van der Waals surface area contributed by atoms with Crippen molar-refractivity contribution < 1.29 is 17.9 Å². The van der Waals surface area contributed by atoms with E-state index in [0.29, 0.717) is 0 Å². The Hall–Kier alpha value is -1.44. The third-order valence-electron chi connectivity index (χ3n) is 3.21. The van der Waals surface area contributed by atoms with Crippen LogP contribution in [0, 0.1) is 0 Å². The van der Waals surface area contributed by atoms with Crippen LogP contribution in [-0.2, 0) is 19.6 Å². The van der Waals surface area contributed by atoms with E-state index in [1.807, 2.05) is 6.92 Å². The van der Waals surface area contributed by atoms with Crippen molar-refractivity contribution in [2.24, 2.45) is 0 Å². The minimum absolute atomic E-state index is 0.102. The van der Waals surface area contributed by atoms with E-state index >= 15 is 0 Å². The summed E-state index contributed by atoms with van der Waals surface area (Å²) < 4.78 is 29.8.